The minimum atomic E-state index is -5.07. The molecule has 0 bridgehead atoms. The van der Waals surface area contributed by atoms with Crippen LogP contribution in [0.25, 0.3) is 0 Å². The van der Waals surface area contributed by atoms with Gasteiger partial charge in [-0.2, -0.15) is 26.3 Å². The summed E-state index contributed by atoms with van der Waals surface area (Å²) in [6.45, 7) is 0. The fraction of sp³-hybridized carbons (Fsp3) is 0.261. The molecule has 35 heavy (non-hydrogen) atoms. The largest absolute Gasteiger partial charge is 0.478 e. The van der Waals surface area contributed by atoms with Crippen LogP contribution in [0.15, 0.2) is 54.1 Å². The lowest BCUT2D eigenvalue weighted by Crippen LogP contribution is -2.18. The summed E-state index contributed by atoms with van der Waals surface area (Å²) >= 11 is 0. The number of alkyl halides is 6. The maximum absolute atomic E-state index is 12.8. The van der Waals surface area contributed by atoms with Gasteiger partial charge < -0.3 is 15.5 Å². The highest BCUT2D eigenvalue weighted by molar-refractivity contribution is 6.10. The molecule has 0 heterocycles. The van der Waals surface area contributed by atoms with Crippen molar-refractivity contribution < 1.29 is 50.9 Å². The summed E-state index contributed by atoms with van der Waals surface area (Å²) in [5.74, 6) is -3.37. The summed E-state index contributed by atoms with van der Waals surface area (Å²) in [6.07, 6.45) is -4.42. The number of rotatable bonds is 4. The van der Waals surface area contributed by atoms with E-state index >= 15 is 0 Å². The molecule has 12 heteroatoms. The van der Waals surface area contributed by atoms with E-state index < -0.39 is 58.1 Å². The van der Waals surface area contributed by atoms with Gasteiger partial charge in [0.05, 0.1) is 22.3 Å². The fourth-order valence-electron chi connectivity index (χ4n) is 3.13. The Morgan fingerprint density at radius 3 is 1.71 bits per heavy atom. The van der Waals surface area contributed by atoms with Crippen molar-refractivity contribution in [3.05, 3.63) is 76.4 Å². The molecular weight excluding hydrogens is 484 g/mol. The van der Waals surface area contributed by atoms with Crippen molar-refractivity contribution in [2.75, 3.05) is 5.32 Å². The number of carboxylic acid groups (broad SMARTS) is 2. The number of halogens is 6. The van der Waals surface area contributed by atoms with Crippen LogP contribution in [0.1, 0.15) is 57.5 Å². The number of anilines is 1. The third-order valence-electron chi connectivity index (χ3n) is 4.81. The summed E-state index contributed by atoms with van der Waals surface area (Å²) in [4.78, 5) is 33.5. The molecule has 0 saturated carbocycles. The van der Waals surface area contributed by atoms with Gasteiger partial charge >= 0.3 is 24.3 Å². The predicted molar refractivity (Wildman–Crippen MR) is 112 cm³/mol. The Balaban J connectivity index is 0.000000402. The molecular formula is C23H19F6NO5. The maximum Gasteiger partial charge on any atom is 0.416 e. The summed E-state index contributed by atoms with van der Waals surface area (Å²) in [6, 6.07) is 5.34. The summed E-state index contributed by atoms with van der Waals surface area (Å²) in [7, 11) is 0. The second-order valence-electron chi connectivity index (χ2n) is 7.38. The van der Waals surface area contributed by atoms with E-state index in [4.69, 9.17) is 10.2 Å². The van der Waals surface area contributed by atoms with E-state index in [2.05, 4.69) is 0 Å². The van der Waals surface area contributed by atoms with Crippen LogP contribution in [-0.4, -0.2) is 28.1 Å². The zero-order chi connectivity index (χ0) is 26.4. The topological polar surface area (TPSA) is 104 Å². The van der Waals surface area contributed by atoms with Crippen LogP contribution in [0, 0.1) is 0 Å². The number of allylic oxidation sites excluding steroid dienone is 1. The van der Waals surface area contributed by atoms with Gasteiger partial charge in [0, 0.05) is 11.3 Å². The Morgan fingerprint density at radius 1 is 0.771 bits per heavy atom. The van der Waals surface area contributed by atoms with Crippen LogP contribution >= 0.6 is 0 Å². The number of benzene rings is 2. The number of carbonyl (C=O) groups excluding carboxylic acids is 1. The van der Waals surface area contributed by atoms with E-state index in [0.29, 0.717) is 17.7 Å². The average molecular weight is 503 g/mol. The second kappa shape index (κ2) is 11.1. The van der Waals surface area contributed by atoms with Gasteiger partial charge in [-0.15, -0.1) is 0 Å². The molecule has 0 aromatic heterocycles. The van der Waals surface area contributed by atoms with Gasteiger partial charge in [0.25, 0.3) is 5.91 Å². The van der Waals surface area contributed by atoms with Gasteiger partial charge in [-0.25, -0.2) is 9.59 Å². The SMILES string of the molecule is O=C(O)C1=CCCCC1.O=C(O)c1ccccc1C(=O)Nc1cc(C(F)(F)F)cc(C(F)(F)F)c1. The molecule has 2 aromatic carbocycles. The van der Waals surface area contributed by atoms with Crippen molar-refractivity contribution in [1.29, 1.82) is 0 Å². The number of amides is 1. The van der Waals surface area contributed by atoms with Crippen molar-refractivity contribution in [3.8, 4) is 0 Å². The van der Waals surface area contributed by atoms with E-state index in [1.54, 1.807) is 0 Å². The van der Waals surface area contributed by atoms with Crippen molar-refractivity contribution in [2.45, 2.75) is 38.0 Å². The second-order valence-corrected chi connectivity index (χ2v) is 7.38. The molecule has 188 valence electrons. The maximum atomic E-state index is 12.8. The number of carboxylic acids is 2. The highest BCUT2D eigenvalue weighted by atomic mass is 19.4. The smallest absolute Gasteiger partial charge is 0.416 e. The first-order chi connectivity index (χ1) is 16.2. The first-order valence-corrected chi connectivity index (χ1v) is 10.1. The highest BCUT2D eigenvalue weighted by Gasteiger charge is 2.37. The molecule has 0 fully saturated rings. The molecule has 0 radical (unpaired) electrons. The Labute approximate surface area is 194 Å². The average Bonchev–Trinajstić information content (AvgIpc) is 2.78. The van der Waals surface area contributed by atoms with Crippen molar-refractivity contribution >= 4 is 23.5 Å². The van der Waals surface area contributed by atoms with E-state index in [-0.39, 0.29) is 6.07 Å². The zero-order valence-corrected chi connectivity index (χ0v) is 17.8. The van der Waals surface area contributed by atoms with Crippen LogP contribution < -0.4 is 5.32 Å². The van der Waals surface area contributed by atoms with Crippen molar-refractivity contribution in [2.24, 2.45) is 0 Å². The van der Waals surface area contributed by atoms with E-state index in [1.165, 1.54) is 12.1 Å². The lowest BCUT2D eigenvalue weighted by Gasteiger charge is -2.15. The molecule has 0 atom stereocenters. The normalized spacial score (nSPS) is 13.7. The van der Waals surface area contributed by atoms with Crippen LogP contribution in [0.4, 0.5) is 32.0 Å². The first kappa shape index (κ1) is 27.4. The van der Waals surface area contributed by atoms with Gasteiger partial charge in [-0.1, -0.05) is 18.2 Å². The van der Waals surface area contributed by atoms with E-state index in [9.17, 15) is 40.7 Å². The highest BCUT2D eigenvalue weighted by Crippen LogP contribution is 2.37. The molecule has 1 aliphatic rings. The number of nitrogens with one attached hydrogen (secondary N) is 1. The zero-order valence-electron chi connectivity index (χ0n) is 17.8. The van der Waals surface area contributed by atoms with Gasteiger partial charge in [-0.05, 0) is 56.0 Å². The molecule has 3 N–H and O–H groups in total. The van der Waals surface area contributed by atoms with Crippen molar-refractivity contribution in [3.63, 3.8) is 0 Å². The van der Waals surface area contributed by atoms with Crippen molar-refractivity contribution in [1.82, 2.24) is 0 Å². The third-order valence-corrected chi connectivity index (χ3v) is 4.81. The molecule has 0 spiro atoms. The number of hydrogen-bond donors (Lipinski definition) is 3. The standard InChI is InChI=1S/C16H9F6NO3.C7H10O2/c17-15(18,19)8-5-9(16(20,21)22)7-10(6-8)23-13(24)11-3-1-2-4-12(11)14(25)26;8-7(9)6-4-2-1-3-5-6/h1-7H,(H,23,24)(H,25,26);4H,1-3,5H2,(H,8,9). The van der Waals surface area contributed by atoms with E-state index in [0.717, 1.165) is 37.8 Å². The lowest BCUT2D eigenvalue weighted by atomic mass is 10.0. The van der Waals surface area contributed by atoms with Gasteiger partial charge in [0.15, 0.2) is 0 Å². The Hall–Kier alpha value is -3.83. The summed E-state index contributed by atoms with van der Waals surface area (Å²) in [5, 5.41) is 19.4. The molecule has 6 nitrogen and oxygen atoms in total. The molecule has 0 saturated heterocycles. The molecule has 3 rings (SSSR count). The monoisotopic (exact) mass is 503 g/mol. The molecule has 0 unspecified atom stereocenters. The summed E-state index contributed by atoms with van der Waals surface area (Å²) < 4.78 is 76.9. The summed E-state index contributed by atoms with van der Waals surface area (Å²) in [5.41, 5.74) is -4.24. The third kappa shape index (κ3) is 7.87. The van der Waals surface area contributed by atoms with Crippen LogP contribution in [0.3, 0.4) is 0 Å². The van der Waals surface area contributed by atoms with Crippen LogP contribution in [0.2, 0.25) is 0 Å². The Bertz CT molecular complexity index is 1110. The van der Waals surface area contributed by atoms with Gasteiger partial charge in [0.2, 0.25) is 0 Å². The number of aliphatic carboxylic acids is 1. The number of aromatic carboxylic acids is 1. The molecule has 2 aromatic rings. The van der Waals surface area contributed by atoms with Crippen LogP contribution in [0.5, 0.6) is 0 Å². The minimum Gasteiger partial charge on any atom is -0.478 e. The Kier molecular flexibility index (Phi) is 8.67. The predicted octanol–water partition coefficient (Wildman–Crippen LogP) is 6.25. The molecule has 1 aliphatic carbocycles. The number of hydrogen-bond acceptors (Lipinski definition) is 3. The van der Waals surface area contributed by atoms with E-state index in [1.807, 2.05) is 11.4 Å². The first-order valence-electron chi connectivity index (χ1n) is 10.1. The minimum absolute atomic E-state index is 0.0825. The quantitative estimate of drug-likeness (QED) is 0.428. The fourth-order valence-corrected chi connectivity index (χ4v) is 3.13. The Morgan fingerprint density at radius 2 is 1.31 bits per heavy atom. The molecule has 1 amide bonds. The van der Waals surface area contributed by atoms with Crippen LogP contribution in [-0.2, 0) is 17.1 Å². The molecule has 0 aliphatic heterocycles. The lowest BCUT2D eigenvalue weighted by molar-refractivity contribution is -0.143. The number of carbonyl (C=O) groups is 3. The van der Waals surface area contributed by atoms with Gasteiger partial charge in [0.1, 0.15) is 0 Å². The van der Waals surface area contributed by atoms with Gasteiger partial charge in [-0.3, -0.25) is 4.79 Å².